The van der Waals surface area contributed by atoms with E-state index >= 15 is 0 Å². The molecule has 0 amide bonds. The van der Waals surface area contributed by atoms with Gasteiger partial charge in [0.1, 0.15) is 4.88 Å². The summed E-state index contributed by atoms with van der Waals surface area (Å²) in [7, 11) is 1.39. The summed E-state index contributed by atoms with van der Waals surface area (Å²) < 4.78 is 4.67. The third-order valence-corrected chi connectivity index (χ3v) is 3.67. The zero-order valence-corrected chi connectivity index (χ0v) is 12.2. The first-order valence-electron chi connectivity index (χ1n) is 6.51. The van der Waals surface area contributed by atoms with Crippen LogP contribution in [0.4, 0.5) is 5.13 Å². The maximum absolute atomic E-state index is 11.3. The number of carbonyl (C=O) groups excluding carboxylic acids is 1. The second kappa shape index (κ2) is 8.08. The molecule has 0 saturated heterocycles. The van der Waals surface area contributed by atoms with Crippen molar-refractivity contribution in [1.29, 1.82) is 0 Å². The van der Waals surface area contributed by atoms with Crippen LogP contribution < -0.4 is 5.32 Å². The topological polar surface area (TPSA) is 51.2 Å². The highest BCUT2D eigenvalue weighted by Gasteiger charge is 2.13. The molecule has 18 heavy (non-hydrogen) atoms. The maximum Gasteiger partial charge on any atom is 0.349 e. The smallest absolute Gasteiger partial charge is 0.349 e. The fraction of sp³-hybridized carbons (Fsp3) is 0.692. The summed E-state index contributed by atoms with van der Waals surface area (Å²) in [5.41, 5.74) is 0. The van der Waals surface area contributed by atoms with Crippen LogP contribution in [0, 0.1) is 0 Å². The largest absolute Gasteiger partial charge is 0.465 e. The molecule has 0 spiro atoms. The van der Waals surface area contributed by atoms with E-state index in [0.29, 0.717) is 10.9 Å². The van der Waals surface area contributed by atoms with Crippen LogP contribution in [-0.4, -0.2) is 24.1 Å². The van der Waals surface area contributed by atoms with Crippen LogP contribution in [0.2, 0.25) is 0 Å². The lowest BCUT2D eigenvalue weighted by atomic mass is 10.1. The number of ether oxygens (including phenoxy) is 1. The first-order valence-corrected chi connectivity index (χ1v) is 7.33. The lowest BCUT2D eigenvalue weighted by molar-refractivity contribution is 0.0606. The first kappa shape index (κ1) is 15.0. The van der Waals surface area contributed by atoms with Gasteiger partial charge < -0.3 is 10.1 Å². The molecule has 1 N–H and O–H groups in total. The second-order valence-corrected chi connectivity index (χ2v) is 5.32. The molecule has 0 aromatic carbocycles. The fourth-order valence-electron chi connectivity index (χ4n) is 1.80. The van der Waals surface area contributed by atoms with Crippen LogP contribution in [0.3, 0.4) is 0 Å². The summed E-state index contributed by atoms with van der Waals surface area (Å²) in [5, 5.41) is 4.22. The number of anilines is 1. The number of hydrogen-bond donors (Lipinski definition) is 1. The van der Waals surface area contributed by atoms with Gasteiger partial charge in [0.25, 0.3) is 0 Å². The van der Waals surface area contributed by atoms with Crippen LogP contribution in [0.5, 0.6) is 0 Å². The summed E-state index contributed by atoms with van der Waals surface area (Å²) in [4.78, 5) is 16.1. The number of carbonyl (C=O) groups is 1. The van der Waals surface area contributed by atoms with E-state index in [1.165, 1.54) is 31.3 Å². The van der Waals surface area contributed by atoms with Crippen molar-refractivity contribution >= 4 is 22.4 Å². The minimum Gasteiger partial charge on any atom is -0.465 e. The average Bonchev–Trinajstić information content (AvgIpc) is 2.83. The normalized spacial score (nSPS) is 12.2. The molecule has 1 heterocycles. The van der Waals surface area contributed by atoms with Gasteiger partial charge in [0, 0.05) is 6.04 Å². The van der Waals surface area contributed by atoms with Crippen molar-refractivity contribution in [1.82, 2.24) is 4.98 Å². The summed E-state index contributed by atoms with van der Waals surface area (Å²) >= 11 is 1.36. The first-order chi connectivity index (χ1) is 8.71. The van der Waals surface area contributed by atoms with Crippen LogP contribution in [0.25, 0.3) is 0 Å². The van der Waals surface area contributed by atoms with E-state index in [2.05, 4.69) is 28.9 Å². The molecule has 102 valence electrons. The van der Waals surface area contributed by atoms with Crippen LogP contribution in [-0.2, 0) is 4.74 Å². The summed E-state index contributed by atoms with van der Waals surface area (Å²) in [5.74, 6) is -0.318. The van der Waals surface area contributed by atoms with Crippen molar-refractivity contribution in [2.45, 2.75) is 52.0 Å². The van der Waals surface area contributed by atoms with E-state index in [1.54, 1.807) is 6.20 Å². The maximum atomic E-state index is 11.3. The van der Waals surface area contributed by atoms with Gasteiger partial charge in [0.05, 0.1) is 13.3 Å². The third-order valence-electron chi connectivity index (χ3n) is 2.76. The van der Waals surface area contributed by atoms with Gasteiger partial charge in [-0.2, -0.15) is 0 Å². The minimum absolute atomic E-state index is 0.318. The molecule has 1 rings (SSSR count). The molecule has 1 unspecified atom stereocenters. The zero-order valence-electron chi connectivity index (χ0n) is 11.4. The Kier molecular flexibility index (Phi) is 6.72. The van der Waals surface area contributed by atoms with Crippen molar-refractivity contribution < 1.29 is 9.53 Å². The average molecular weight is 270 g/mol. The Labute approximate surface area is 113 Å². The highest BCUT2D eigenvalue weighted by Crippen LogP contribution is 2.21. The molecule has 0 aliphatic heterocycles. The van der Waals surface area contributed by atoms with Crippen LogP contribution in [0.15, 0.2) is 6.20 Å². The SMILES string of the molecule is CCCCC(CCC)Nc1ncc(C(=O)OC)s1. The van der Waals surface area contributed by atoms with Gasteiger partial charge in [-0.15, -0.1) is 0 Å². The standard InChI is InChI=1S/C13H22N2O2S/c1-4-6-8-10(7-5-2)15-13-14-9-11(18-13)12(16)17-3/h9-10H,4-8H2,1-3H3,(H,14,15). The predicted octanol–water partition coefficient (Wildman–Crippen LogP) is 3.70. The van der Waals surface area contributed by atoms with Gasteiger partial charge in [0.15, 0.2) is 5.13 Å². The lowest BCUT2D eigenvalue weighted by Crippen LogP contribution is -2.18. The monoisotopic (exact) mass is 270 g/mol. The second-order valence-electron chi connectivity index (χ2n) is 4.29. The molecule has 1 aromatic rings. The van der Waals surface area contributed by atoms with E-state index in [9.17, 15) is 4.79 Å². The molecule has 1 atom stereocenters. The minimum atomic E-state index is -0.318. The number of rotatable bonds is 8. The van der Waals surface area contributed by atoms with Gasteiger partial charge >= 0.3 is 5.97 Å². The van der Waals surface area contributed by atoms with Crippen molar-refractivity contribution in [2.75, 3.05) is 12.4 Å². The van der Waals surface area contributed by atoms with Crippen molar-refractivity contribution in [2.24, 2.45) is 0 Å². The van der Waals surface area contributed by atoms with E-state index < -0.39 is 0 Å². The third kappa shape index (κ3) is 4.64. The van der Waals surface area contributed by atoms with Gasteiger partial charge in [-0.25, -0.2) is 9.78 Å². The summed E-state index contributed by atoms with van der Waals surface area (Å²) in [6, 6.07) is 0.451. The summed E-state index contributed by atoms with van der Waals surface area (Å²) in [6.45, 7) is 4.38. The molecular formula is C13H22N2O2S. The lowest BCUT2D eigenvalue weighted by Gasteiger charge is -2.16. The molecule has 0 bridgehead atoms. The molecule has 1 aromatic heterocycles. The fourth-order valence-corrected chi connectivity index (χ4v) is 2.61. The number of nitrogens with zero attached hydrogens (tertiary/aromatic N) is 1. The Hall–Kier alpha value is -1.10. The summed E-state index contributed by atoms with van der Waals surface area (Å²) in [6.07, 6.45) is 7.42. The molecule has 4 nitrogen and oxygen atoms in total. The van der Waals surface area contributed by atoms with Crippen molar-refractivity contribution in [3.63, 3.8) is 0 Å². The number of nitrogens with one attached hydrogen (secondary N) is 1. The Morgan fingerprint density at radius 1 is 1.44 bits per heavy atom. The molecule has 0 radical (unpaired) electrons. The molecule has 0 saturated carbocycles. The Balaban J connectivity index is 2.57. The molecular weight excluding hydrogens is 248 g/mol. The van der Waals surface area contributed by atoms with Gasteiger partial charge in [-0.3, -0.25) is 0 Å². The highest BCUT2D eigenvalue weighted by molar-refractivity contribution is 7.17. The predicted molar refractivity (Wildman–Crippen MR) is 75.3 cm³/mol. The van der Waals surface area contributed by atoms with Crippen LogP contribution in [0.1, 0.15) is 55.6 Å². The Bertz CT molecular complexity index is 366. The highest BCUT2D eigenvalue weighted by atomic mass is 32.1. The molecule has 0 aliphatic rings. The number of esters is 1. The van der Waals surface area contributed by atoms with Crippen molar-refractivity contribution in [3.05, 3.63) is 11.1 Å². The van der Waals surface area contributed by atoms with Crippen LogP contribution >= 0.6 is 11.3 Å². The number of hydrogen-bond acceptors (Lipinski definition) is 5. The van der Waals surface area contributed by atoms with Gasteiger partial charge in [-0.05, 0) is 12.8 Å². The van der Waals surface area contributed by atoms with Gasteiger partial charge in [0.2, 0.25) is 0 Å². The van der Waals surface area contributed by atoms with E-state index in [1.807, 2.05) is 0 Å². The molecule has 0 aliphatic carbocycles. The number of unbranched alkanes of at least 4 members (excludes halogenated alkanes) is 1. The molecule has 5 heteroatoms. The van der Waals surface area contributed by atoms with Crippen molar-refractivity contribution in [3.8, 4) is 0 Å². The quantitative estimate of drug-likeness (QED) is 0.732. The van der Waals surface area contributed by atoms with E-state index in [4.69, 9.17) is 0 Å². The Morgan fingerprint density at radius 2 is 2.22 bits per heavy atom. The van der Waals surface area contributed by atoms with E-state index in [-0.39, 0.29) is 5.97 Å². The van der Waals surface area contributed by atoms with E-state index in [0.717, 1.165) is 24.4 Å². The van der Waals surface area contributed by atoms with Gasteiger partial charge in [-0.1, -0.05) is 44.4 Å². The number of aromatic nitrogens is 1. The Morgan fingerprint density at radius 3 is 2.83 bits per heavy atom. The number of methoxy groups -OCH3 is 1. The zero-order chi connectivity index (χ0) is 13.4. The number of thiazole rings is 1. The molecule has 0 fully saturated rings.